The lowest BCUT2D eigenvalue weighted by Gasteiger charge is -2.27. The van der Waals surface area contributed by atoms with Gasteiger partial charge in [-0.3, -0.25) is 0 Å². The number of nitrogens with zero attached hydrogens (tertiary/aromatic N) is 1. The van der Waals surface area contributed by atoms with E-state index in [0.717, 1.165) is 5.56 Å². The second kappa shape index (κ2) is 6.27. The molecule has 3 N–H and O–H groups in total. The van der Waals surface area contributed by atoms with E-state index >= 15 is 0 Å². The predicted octanol–water partition coefficient (Wildman–Crippen LogP) is 2.49. The van der Waals surface area contributed by atoms with Crippen LogP contribution in [0.1, 0.15) is 31.9 Å². The molecule has 0 bridgehead atoms. The van der Waals surface area contributed by atoms with Gasteiger partial charge in [0.05, 0.1) is 11.6 Å². The molecule has 0 aliphatic carbocycles. The molecule has 0 saturated carbocycles. The van der Waals surface area contributed by atoms with Crippen LogP contribution in [0, 0.1) is 23.7 Å². The van der Waals surface area contributed by atoms with Crippen LogP contribution < -0.4 is 10.6 Å². The number of carbonyl (C=O) groups excluding carboxylic acids is 1. The minimum absolute atomic E-state index is 0.418. The summed E-state index contributed by atoms with van der Waals surface area (Å²) in [5, 5.41) is 23.0. The Bertz CT molecular complexity index is 597. The summed E-state index contributed by atoms with van der Waals surface area (Å²) in [5.41, 5.74) is 1.06. The first kappa shape index (κ1) is 16.5. The number of carboxylic acid groups (broad SMARTS) is 1. The lowest BCUT2D eigenvalue weighted by atomic mass is 9.87. The van der Waals surface area contributed by atoms with E-state index in [1.165, 1.54) is 0 Å². The monoisotopic (exact) mass is 289 g/mol. The van der Waals surface area contributed by atoms with Crippen LogP contribution >= 0.6 is 0 Å². The third-order valence-corrected chi connectivity index (χ3v) is 3.00. The van der Waals surface area contributed by atoms with Gasteiger partial charge in [0.15, 0.2) is 0 Å². The molecular formula is C15H19N3O3. The molecule has 0 heterocycles. The molecule has 0 spiro atoms. The van der Waals surface area contributed by atoms with E-state index in [4.69, 9.17) is 5.26 Å². The van der Waals surface area contributed by atoms with Gasteiger partial charge in [0.1, 0.15) is 6.04 Å². The molecule has 2 amide bonds. The number of carboxylic acids is 1. The van der Waals surface area contributed by atoms with Gasteiger partial charge < -0.3 is 15.7 Å². The van der Waals surface area contributed by atoms with Crippen molar-refractivity contribution in [3.63, 3.8) is 0 Å². The van der Waals surface area contributed by atoms with Crippen LogP contribution in [0.25, 0.3) is 0 Å². The van der Waals surface area contributed by atoms with E-state index < -0.39 is 23.5 Å². The van der Waals surface area contributed by atoms with Crippen molar-refractivity contribution in [2.24, 2.45) is 5.41 Å². The SMILES string of the molecule is Cc1ccc(C#N)cc1NC(=O)N[C@H](C(=O)O)C(C)(C)C. The maximum atomic E-state index is 12.0. The quantitative estimate of drug-likeness (QED) is 0.795. The summed E-state index contributed by atoms with van der Waals surface area (Å²) in [6.07, 6.45) is 0. The third-order valence-electron chi connectivity index (χ3n) is 3.00. The van der Waals surface area contributed by atoms with Gasteiger partial charge >= 0.3 is 12.0 Å². The molecule has 0 unspecified atom stereocenters. The van der Waals surface area contributed by atoms with Gasteiger partial charge in [-0.1, -0.05) is 26.8 Å². The Morgan fingerprint density at radius 3 is 2.43 bits per heavy atom. The standard InChI is InChI=1S/C15H19N3O3/c1-9-5-6-10(8-16)7-11(9)17-14(21)18-12(13(19)20)15(2,3)4/h5-7,12H,1-4H3,(H,19,20)(H2,17,18,21)/t12-/m1/s1. The summed E-state index contributed by atoms with van der Waals surface area (Å²) < 4.78 is 0. The Morgan fingerprint density at radius 2 is 1.95 bits per heavy atom. The van der Waals surface area contributed by atoms with E-state index in [1.807, 2.05) is 6.07 Å². The molecule has 0 radical (unpaired) electrons. The zero-order chi connectivity index (χ0) is 16.2. The molecule has 0 saturated heterocycles. The molecule has 112 valence electrons. The molecule has 0 fully saturated rings. The van der Waals surface area contributed by atoms with E-state index in [1.54, 1.807) is 45.9 Å². The second-order valence-corrected chi connectivity index (χ2v) is 5.88. The highest BCUT2D eigenvalue weighted by Gasteiger charge is 2.32. The fraction of sp³-hybridized carbons (Fsp3) is 0.400. The maximum absolute atomic E-state index is 12.0. The van der Waals surface area contributed by atoms with Crippen molar-refractivity contribution in [2.45, 2.75) is 33.7 Å². The molecule has 6 heteroatoms. The van der Waals surface area contributed by atoms with Gasteiger partial charge in [0.2, 0.25) is 0 Å². The maximum Gasteiger partial charge on any atom is 0.326 e. The van der Waals surface area contributed by atoms with Crippen molar-refractivity contribution in [1.29, 1.82) is 5.26 Å². The number of nitrogens with one attached hydrogen (secondary N) is 2. The Labute approximate surface area is 123 Å². The first-order valence-corrected chi connectivity index (χ1v) is 6.46. The third kappa shape index (κ3) is 4.49. The highest BCUT2D eigenvalue weighted by atomic mass is 16.4. The lowest BCUT2D eigenvalue weighted by Crippen LogP contribution is -2.50. The molecule has 21 heavy (non-hydrogen) atoms. The normalized spacial score (nSPS) is 12.1. The zero-order valence-electron chi connectivity index (χ0n) is 12.5. The van der Waals surface area contributed by atoms with Crippen LogP contribution in [0.5, 0.6) is 0 Å². The lowest BCUT2D eigenvalue weighted by molar-refractivity contribution is -0.141. The van der Waals surface area contributed by atoms with Crippen LogP contribution in [0.4, 0.5) is 10.5 Å². The van der Waals surface area contributed by atoms with Crippen LogP contribution in [-0.2, 0) is 4.79 Å². The van der Waals surface area contributed by atoms with Crippen molar-refractivity contribution in [3.05, 3.63) is 29.3 Å². The highest BCUT2D eigenvalue weighted by molar-refractivity contribution is 5.93. The number of amides is 2. The number of carbonyl (C=O) groups is 2. The smallest absolute Gasteiger partial charge is 0.326 e. The number of rotatable bonds is 3. The van der Waals surface area contributed by atoms with Gasteiger partial charge in [-0.05, 0) is 30.0 Å². The Hall–Kier alpha value is -2.55. The van der Waals surface area contributed by atoms with E-state index in [9.17, 15) is 14.7 Å². The van der Waals surface area contributed by atoms with E-state index in [0.29, 0.717) is 11.3 Å². The van der Waals surface area contributed by atoms with Crippen molar-refractivity contribution in [2.75, 3.05) is 5.32 Å². The first-order chi connectivity index (χ1) is 9.65. The number of nitriles is 1. The van der Waals surface area contributed by atoms with Crippen LogP contribution in [0.15, 0.2) is 18.2 Å². The van der Waals surface area contributed by atoms with Gasteiger partial charge in [0, 0.05) is 5.69 Å². The summed E-state index contributed by atoms with van der Waals surface area (Å²) in [7, 11) is 0. The summed E-state index contributed by atoms with van der Waals surface area (Å²) in [6, 6.07) is 5.26. The zero-order valence-corrected chi connectivity index (χ0v) is 12.5. The number of aryl methyl sites for hydroxylation is 1. The minimum atomic E-state index is -1.10. The molecule has 6 nitrogen and oxygen atoms in total. The summed E-state index contributed by atoms with van der Waals surface area (Å²) in [6.45, 7) is 6.98. The predicted molar refractivity (Wildman–Crippen MR) is 78.9 cm³/mol. The van der Waals surface area contributed by atoms with Crippen molar-refractivity contribution in [1.82, 2.24) is 5.32 Å². The van der Waals surface area contributed by atoms with Gasteiger partial charge in [-0.15, -0.1) is 0 Å². The van der Waals surface area contributed by atoms with E-state index in [2.05, 4.69) is 10.6 Å². The van der Waals surface area contributed by atoms with Crippen molar-refractivity contribution < 1.29 is 14.7 Å². The van der Waals surface area contributed by atoms with Gasteiger partial charge in [0.25, 0.3) is 0 Å². The first-order valence-electron chi connectivity index (χ1n) is 6.46. The van der Waals surface area contributed by atoms with Crippen LogP contribution in [0.3, 0.4) is 0 Å². The number of hydrogen-bond acceptors (Lipinski definition) is 3. The number of hydrogen-bond donors (Lipinski definition) is 3. The Kier molecular flexibility index (Phi) is 4.93. The number of anilines is 1. The minimum Gasteiger partial charge on any atom is -0.480 e. The van der Waals surface area contributed by atoms with Crippen LogP contribution in [0.2, 0.25) is 0 Å². The summed E-state index contributed by atoms with van der Waals surface area (Å²) in [5.74, 6) is -1.10. The van der Waals surface area contributed by atoms with Crippen molar-refractivity contribution >= 4 is 17.7 Å². The molecule has 0 aliphatic rings. The molecule has 0 aromatic heterocycles. The Morgan fingerprint density at radius 1 is 1.33 bits per heavy atom. The topological polar surface area (TPSA) is 102 Å². The molecular weight excluding hydrogens is 270 g/mol. The molecule has 1 atom stereocenters. The average Bonchev–Trinajstić information content (AvgIpc) is 2.37. The molecule has 0 aliphatic heterocycles. The number of aliphatic carboxylic acids is 1. The average molecular weight is 289 g/mol. The molecule has 1 rings (SSSR count). The van der Waals surface area contributed by atoms with Crippen LogP contribution in [-0.4, -0.2) is 23.1 Å². The number of benzene rings is 1. The fourth-order valence-corrected chi connectivity index (χ4v) is 1.76. The molecule has 1 aromatic rings. The number of urea groups is 1. The summed E-state index contributed by atoms with van der Waals surface area (Å²) in [4.78, 5) is 23.2. The largest absolute Gasteiger partial charge is 0.480 e. The second-order valence-electron chi connectivity index (χ2n) is 5.88. The molecule has 1 aromatic carbocycles. The fourth-order valence-electron chi connectivity index (χ4n) is 1.76. The van der Waals surface area contributed by atoms with Gasteiger partial charge in [-0.2, -0.15) is 5.26 Å². The Balaban J connectivity index is 2.87. The highest BCUT2D eigenvalue weighted by Crippen LogP contribution is 2.20. The van der Waals surface area contributed by atoms with Gasteiger partial charge in [-0.25, -0.2) is 9.59 Å². The summed E-state index contributed by atoms with van der Waals surface area (Å²) >= 11 is 0. The van der Waals surface area contributed by atoms with Crippen molar-refractivity contribution in [3.8, 4) is 6.07 Å². The van der Waals surface area contributed by atoms with E-state index in [-0.39, 0.29) is 0 Å².